The number of hydrogen-bond donors (Lipinski definition) is 1. The molecule has 1 N–H and O–H groups in total. The molecule has 0 aromatic rings. The van der Waals surface area contributed by atoms with Gasteiger partial charge in [0, 0.05) is 23.7 Å². The number of nitrogens with zero attached hydrogens (tertiary/aromatic N) is 3. The van der Waals surface area contributed by atoms with Crippen LogP contribution in [0.3, 0.4) is 0 Å². The quantitative estimate of drug-likeness (QED) is 0.679. The van der Waals surface area contributed by atoms with Gasteiger partial charge in [-0.3, -0.25) is 10.0 Å². The lowest BCUT2D eigenvalue weighted by Gasteiger charge is -2.15. The second-order valence-corrected chi connectivity index (χ2v) is 3.55. The minimum absolute atomic E-state index is 0.0197. The van der Waals surface area contributed by atoms with Crippen molar-refractivity contribution in [2.45, 2.75) is 6.92 Å². The van der Waals surface area contributed by atoms with Gasteiger partial charge in [0.15, 0.2) is 0 Å². The Hall–Kier alpha value is -2.45. The molecule has 2 heterocycles. The Balaban J connectivity index is 2.50. The number of hydrogen-bond acceptors (Lipinski definition) is 4. The first-order valence-corrected chi connectivity index (χ1v) is 4.91. The van der Waals surface area contributed by atoms with Gasteiger partial charge in [-0.25, -0.2) is 10.1 Å². The van der Waals surface area contributed by atoms with Crippen LogP contribution in [0.4, 0.5) is 0 Å². The minimum atomic E-state index is -0.512. The highest BCUT2D eigenvalue weighted by Crippen LogP contribution is 2.20. The normalized spacial score (nSPS) is 19.1. The summed E-state index contributed by atoms with van der Waals surface area (Å²) in [7, 11) is 0. The fourth-order valence-corrected chi connectivity index (χ4v) is 1.55. The number of amides is 1. The number of nitriles is 1. The summed E-state index contributed by atoms with van der Waals surface area (Å²) in [4.78, 5) is 15.1. The van der Waals surface area contributed by atoms with Crippen LogP contribution in [0.15, 0.2) is 52.3 Å². The third-order valence-corrected chi connectivity index (χ3v) is 2.42. The summed E-state index contributed by atoms with van der Waals surface area (Å²) in [5, 5.41) is 18.8. The van der Waals surface area contributed by atoms with E-state index in [1.165, 1.54) is 18.5 Å². The fraction of sp³-hybridized carbons (Fsp3) is 0.0833. The SMILES string of the molecule is CC1=NC(=O)C(C#N)=CC1=C1C=CN(O)C=C1. The van der Waals surface area contributed by atoms with E-state index < -0.39 is 5.91 Å². The van der Waals surface area contributed by atoms with Crippen molar-refractivity contribution in [3.8, 4) is 6.07 Å². The molecule has 0 fully saturated rings. The van der Waals surface area contributed by atoms with Crippen molar-refractivity contribution in [3.05, 3.63) is 47.3 Å². The van der Waals surface area contributed by atoms with E-state index in [2.05, 4.69) is 4.99 Å². The molecule has 1 amide bonds. The summed E-state index contributed by atoms with van der Waals surface area (Å²) in [6, 6.07) is 1.81. The highest BCUT2D eigenvalue weighted by Gasteiger charge is 2.18. The van der Waals surface area contributed by atoms with E-state index in [0.717, 1.165) is 10.6 Å². The molecular weight excluding hydrogens is 218 g/mol. The molecular formula is C12H9N3O2. The second kappa shape index (κ2) is 4.20. The lowest BCUT2D eigenvalue weighted by atomic mass is 9.98. The van der Waals surface area contributed by atoms with Crippen molar-refractivity contribution >= 4 is 11.6 Å². The maximum atomic E-state index is 11.3. The molecule has 2 aliphatic rings. The Labute approximate surface area is 97.9 Å². The molecule has 0 aromatic carbocycles. The number of carbonyl (C=O) groups is 1. The van der Waals surface area contributed by atoms with Crippen LogP contribution >= 0.6 is 0 Å². The van der Waals surface area contributed by atoms with Gasteiger partial charge in [0.05, 0.1) is 0 Å². The van der Waals surface area contributed by atoms with Crippen LogP contribution in [0.1, 0.15) is 6.92 Å². The molecule has 5 nitrogen and oxygen atoms in total. The Morgan fingerprint density at radius 2 is 2.06 bits per heavy atom. The van der Waals surface area contributed by atoms with Gasteiger partial charge in [0.2, 0.25) is 0 Å². The van der Waals surface area contributed by atoms with Crippen LogP contribution in [0.5, 0.6) is 0 Å². The molecule has 0 saturated carbocycles. The van der Waals surface area contributed by atoms with Crippen LogP contribution < -0.4 is 0 Å². The Morgan fingerprint density at radius 1 is 1.41 bits per heavy atom. The van der Waals surface area contributed by atoms with Crippen LogP contribution in [0.25, 0.3) is 0 Å². The van der Waals surface area contributed by atoms with E-state index in [1.807, 2.05) is 6.07 Å². The molecule has 84 valence electrons. The third kappa shape index (κ3) is 2.07. The molecule has 0 saturated heterocycles. The maximum absolute atomic E-state index is 11.3. The van der Waals surface area contributed by atoms with Crippen molar-refractivity contribution in [2.24, 2.45) is 4.99 Å². The van der Waals surface area contributed by atoms with Gasteiger partial charge >= 0.3 is 0 Å². The van der Waals surface area contributed by atoms with E-state index in [-0.39, 0.29) is 5.57 Å². The number of carbonyl (C=O) groups excluding carboxylic acids is 1. The molecule has 2 rings (SSSR count). The minimum Gasteiger partial charge on any atom is -0.285 e. The molecule has 0 atom stereocenters. The Kier molecular flexibility index (Phi) is 2.73. The summed E-state index contributed by atoms with van der Waals surface area (Å²) >= 11 is 0. The fourth-order valence-electron chi connectivity index (χ4n) is 1.55. The maximum Gasteiger partial charge on any atom is 0.287 e. The van der Waals surface area contributed by atoms with E-state index >= 15 is 0 Å². The topological polar surface area (TPSA) is 76.7 Å². The summed E-state index contributed by atoms with van der Waals surface area (Å²) in [6.45, 7) is 1.71. The molecule has 0 unspecified atom stereocenters. The summed E-state index contributed by atoms with van der Waals surface area (Å²) < 4.78 is 0. The molecule has 0 radical (unpaired) electrons. The Morgan fingerprint density at radius 3 is 2.65 bits per heavy atom. The molecule has 0 spiro atoms. The highest BCUT2D eigenvalue weighted by atomic mass is 16.5. The van der Waals surface area contributed by atoms with Crippen molar-refractivity contribution in [1.82, 2.24) is 5.06 Å². The molecule has 5 heteroatoms. The standard InChI is InChI=1S/C12H9N3O2/c1-8-11(6-10(7-13)12(16)14-8)9-2-4-15(17)5-3-9/h2-6,17H,1H3. The van der Waals surface area contributed by atoms with Crippen molar-refractivity contribution in [3.63, 3.8) is 0 Å². The average Bonchev–Trinajstić information content (AvgIpc) is 2.31. The third-order valence-electron chi connectivity index (χ3n) is 2.42. The van der Waals surface area contributed by atoms with Gasteiger partial charge in [0.25, 0.3) is 5.91 Å². The zero-order valence-corrected chi connectivity index (χ0v) is 9.08. The van der Waals surface area contributed by atoms with Gasteiger partial charge in [-0.15, -0.1) is 0 Å². The van der Waals surface area contributed by atoms with Crippen LogP contribution in [-0.2, 0) is 4.79 Å². The lowest BCUT2D eigenvalue weighted by Crippen LogP contribution is -2.13. The van der Waals surface area contributed by atoms with Gasteiger partial charge in [-0.1, -0.05) is 0 Å². The first kappa shape index (κ1) is 11.0. The molecule has 2 aliphatic heterocycles. The second-order valence-electron chi connectivity index (χ2n) is 3.55. The first-order chi connectivity index (χ1) is 8.11. The number of rotatable bonds is 0. The number of dihydropyridines is 1. The van der Waals surface area contributed by atoms with Gasteiger partial charge in [-0.2, -0.15) is 5.26 Å². The van der Waals surface area contributed by atoms with E-state index in [9.17, 15) is 4.79 Å². The number of hydroxylamine groups is 2. The van der Waals surface area contributed by atoms with Crippen molar-refractivity contribution < 1.29 is 10.0 Å². The van der Waals surface area contributed by atoms with Gasteiger partial charge < -0.3 is 0 Å². The van der Waals surface area contributed by atoms with Crippen molar-refractivity contribution in [2.75, 3.05) is 0 Å². The summed E-state index contributed by atoms with van der Waals surface area (Å²) in [6.07, 6.45) is 7.80. The summed E-state index contributed by atoms with van der Waals surface area (Å²) in [5.74, 6) is -0.512. The van der Waals surface area contributed by atoms with E-state index in [0.29, 0.717) is 11.3 Å². The van der Waals surface area contributed by atoms with Gasteiger partial charge in [0.1, 0.15) is 11.6 Å². The molecule has 0 aromatic heterocycles. The molecule has 0 bridgehead atoms. The summed E-state index contributed by atoms with van der Waals surface area (Å²) in [5.41, 5.74) is 2.08. The lowest BCUT2D eigenvalue weighted by molar-refractivity contribution is -0.114. The first-order valence-electron chi connectivity index (χ1n) is 4.91. The number of allylic oxidation sites excluding steroid dienone is 5. The van der Waals surface area contributed by atoms with Crippen molar-refractivity contribution in [1.29, 1.82) is 5.26 Å². The molecule has 0 aliphatic carbocycles. The van der Waals surface area contributed by atoms with E-state index in [1.54, 1.807) is 19.1 Å². The van der Waals surface area contributed by atoms with Crippen LogP contribution in [0, 0.1) is 11.3 Å². The van der Waals surface area contributed by atoms with E-state index in [4.69, 9.17) is 10.5 Å². The number of aliphatic imine (C=N–C) groups is 1. The Bertz CT molecular complexity index is 555. The predicted molar refractivity (Wildman–Crippen MR) is 60.7 cm³/mol. The predicted octanol–water partition coefficient (Wildman–Crippen LogP) is 1.47. The molecule has 17 heavy (non-hydrogen) atoms. The van der Waals surface area contributed by atoms with Gasteiger partial charge in [-0.05, 0) is 30.7 Å². The zero-order valence-electron chi connectivity index (χ0n) is 9.08. The van der Waals surface area contributed by atoms with Crippen LogP contribution in [0.2, 0.25) is 0 Å². The smallest absolute Gasteiger partial charge is 0.285 e. The largest absolute Gasteiger partial charge is 0.287 e. The zero-order chi connectivity index (χ0) is 12.4. The average molecular weight is 227 g/mol. The monoisotopic (exact) mass is 227 g/mol. The highest BCUT2D eigenvalue weighted by molar-refractivity contribution is 6.16. The van der Waals surface area contributed by atoms with Crippen LogP contribution in [-0.4, -0.2) is 21.9 Å².